The Morgan fingerprint density at radius 3 is 2.62 bits per heavy atom. The molecule has 0 amide bonds. The summed E-state index contributed by atoms with van der Waals surface area (Å²) in [6.45, 7) is 11.0. The first kappa shape index (κ1) is 21.4. The highest BCUT2D eigenvalue weighted by Gasteiger charge is 2.55. The number of piperazine rings is 1. The molecule has 5 rings (SSSR count). The predicted molar refractivity (Wildman–Crippen MR) is 122 cm³/mol. The predicted octanol–water partition coefficient (Wildman–Crippen LogP) is 4.03. The van der Waals surface area contributed by atoms with Gasteiger partial charge in [0.25, 0.3) is 5.69 Å². The van der Waals surface area contributed by atoms with Gasteiger partial charge >= 0.3 is 5.97 Å². The lowest BCUT2D eigenvalue weighted by Gasteiger charge is -2.50. The second-order valence-electron chi connectivity index (χ2n) is 10.5. The van der Waals surface area contributed by atoms with E-state index in [-0.39, 0.29) is 34.0 Å². The fourth-order valence-corrected chi connectivity index (χ4v) is 6.72. The molecule has 2 heterocycles. The van der Waals surface area contributed by atoms with Crippen LogP contribution in [-0.2, 0) is 9.53 Å². The van der Waals surface area contributed by atoms with E-state index in [4.69, 9.17) is 4.74 Å². The normalized spacial score (nSPS) is 35.2. The monoisotopic (exact) mass is 439 g/mol. The van der Waals surface area contributed by atoms with Gasteiger partial charge in [0.2, 0.25) is 0 Å². The summed E-state index contributed by atoms with van der Waals surface area (Å²) in [7, 11) is 0. The number of carbonyl (C=O) groups is 1. The van der Waals surface area contributed by atoms with Crippen molar-refractivity contribution in [2.24, 2.45) is 23.2 Å². The molecule has 0 radical (unpaired) electrons. The second-order valence-corrected chi connectivity index (χ2v) is 10.5. The van der Waals surface area contributed by atoms with Gasteiger partial charge in [-0.1, -0.05) is 19.1 Å². The molecule has 2 aliphatic carbocycles. The minimum Gasteiger partial charge on any atom is -0.462 e. The van der Waals surface area contributed by atoms with Crippen LogP contribution in [0.5, 0.6) is 0 Å². The Morgan fingerprint density at radius 1 is 1.22 bits per heavy atom. The van der Waals surface area contributed by atoms with Gasteiger partial charge in [-0.3, -0.25) is 19.8 Å². The van der Waals surface area contributed by atoms with Gasteiger partial charge in [-0.2, -0.15) is 0 Å². The number of hydrogen-bond acceptors (Lipinski definition) is 6. The third kappa shape index (κ3) is 3.81. The van der Waals surface area contributed by atoms with E-state index in [1.807, 2.05) is 12.1 Å². The smallest absolute Gasteiger partial charge is 0.310 e. The first-order valence-corrected chi connectivity index (χ1v) is 11.9. The lowest BCUT2D eigenvalue weighted by molar-refractivity contribution is -0.384. The Labute approximate surface area is 189 Å². The van der Waals surface area contributed by atoms with E-state index in [1.165, 1.54) is 18.4 Å². The Morgan fingerprint density at radius 2 is 1.94 bits per heavy atom. The van der Waals surface area contributed by atoms with Gasteiger partial charge in [-0.05, 0) is 55.6 Å². The Balaban J connectivity index is 1.20. The van der Waals surface area contributed by atoms with E-state index in [2.05, 4.69) is 23.3 Å². The van der Waals surface area contributed by atoms with Gasteiger partial charge in [0.05, 0.1) is 10.8 Å². The number of rotatable bonds is 4. The molecule has 0 spiro atoms. The largest absolute Gasteiger partial charge is 0.462 e. The molecule has 5 atom stereocenters. The third-order valence-electron chi connectivity index (χ3n) is 8.57. The van der Waals surface area contributed by atoms with Crippen molar-refractivity contribution in [3.63, 3.8) is 0 Å². The fraction of sp³-hybridized carbons (Fsp3) is 0.640. The van der Waals surface area contributed by atoms with Crippen LogP contribution in [0.25, 0.3) is 0 Å². The van der Waals surface area contributed by atoms with Crippen LogP contribution < -0.4 is 4.90 Å². The van der Waals surface area contributed by atoms with Gasteiger partial charge in [-0.25, -0.2) is 0 Å². The Bertz CT molecular complexity index is 908. The summed E-state index contributed by atoms with van der Waals surface area (Å²) in [6.07, 6.45) is 5.64. The molecule has 7 heteroatoms. The summed E-state index contributed by atoms with van der Waals surface area (Å²) in [5.74, 6) is 0.785. The molecular weight excluding hydrogens is 406 g/mol. The summed E-state index contributed by atoms with van der Waals surface area (Å²) in [5, 5.41) is 10.9. The van der Waals surface area contributed by atoms with Crippen molar-refractivity contribution in [1.29, 1.82) is 0 Å². The highest BCUT2D eigenvalue weighted by molar-refractivity contribution is 5.75. The van der Waals surface area contributed by atoms with Gasteiger partial charge in [0.1, 0.15) is 6.10 Å². The molecule has 2 saturated carbocycles. The van der Waals surface area contributed by atoms with Crippen LogP contribution in [-0.4, -0.2) is 54.6 Å². The third-order valence-corrected chi connectivity index (χ3v) is 8.57. The number of ether oxygens (including phenoxy) is 1. The van der Waals surface area contributed by atoms with Crippen LogP contribution in [0.2, 0.25) is 0 Å². The van der Waals surface area contributed by atoms with Gasteiger partial charge < -0.3 is 9.64 Å². The molecule has 172 valence electrons. The summed E-state index contributed by atoms with van der Waals surface area (Å²) in [6, 6.07) is 6.77. The van der Waals surface area contributed by atoms with Crippen LogP contribution in [0.3, 0.4) is 0 Å². The summed E-state index contributed by atoms with van der Waals surface area (Å²) >= 11 is 0. The maximum Gasteiger partial charge on any atom is 0.310 e. The summed E-state index contributed by atoms with van der Waals surface area (Å²) in [5.41, 5.74) is 2.75. The molecule has 4 fully saturated rings. The number of non-ortho nitro benzene ring substituents is 1. The van der Waals surface area contributed by atoms with Crippen LogP contribution in [0, 0.1) is 33.3 Å². The quantitative estimate of drug-likeness (QED) is 0.305. The van der Waals surface area contributed by atoms with Crippen molar-refractivity contribution < 1.29 is 14.5 Å². The molecule has 0 unspecified atom stereocenters. The number of fused-ring (bicyclic) bond motifs is 2. The van der Waals surface area contributed by atoms with Gasteiger partial charge in [0, 0.05) is 56.5 Å². The van der Waals surface area contributed by atoms with Crippen LogP contribution in [0.4, 0.5) is 11.4 Å². The van der Waals surface area contributed by atoms with Gasteiger partial charge in [-0.15, -0.1) is 0 Å². The number of nitro benzene ring substituents is 1. The van der Waals surface area contributed by atoms with Crippen molar-refractivity contribution in [2.45, 2.75) is 45.1 Å². The van der Waals surface area contributed by atoms with E-state index in [9.17, 15) is 14.9 Å². The maximum atomic E-state index is 12.8. The van der Waals surface area contributed by atoms with Crippen LogP contribution in [0.1, 0.15) is 39.0 Å². The molecule has 1 aromatic rings. The van der Waals surface area contributed by atoms with Crippen molar-refractivity contribution in [3.8, 4) is 0 Å². The fourth-order valence-electron chi connectivity index (χ4n) is 6.72. The highest BCUT2D eigenvalue weighted by Crippen LogP contribution is 2.56. The molecule has 7 nitrogen and oxygen atoms in total. The molecule has 4 aliphatic rings. The molecule has 0 aromatic heterocycles. The first-order chi connectivity index (χ1) is 15.3. The first-order valence-electron chi connectivity index (χ1n) is 11.9. The zero-order valence-electron chi connectivity index (χ0n) is 18.9. The number of carbonyl (C=O) groups excluding carboxylic acids is 1. The Hall–Kier alpha value is -2.41. The average Bonchev–Trinajstić information content (AvgIpc) is 3.06. The van der Waals surface area contributed by atoms with E-state index in [0.717, 1.165) is 57.7 Å². The second kappa shape index (κ2) is 8.18. The van der Waals surface area contributed by atoms with Gasteiger partial charge in [0.15, 0.2) is 0 Å². The number of hydrogen-bond donors (Lipinski definition) is 0. The standard InChI is InChI=1S/C25H33N3O4/c1-17-4-3-9-25(2)15-23-20(14-22(17)25)21(24(29)32-23)16-26-10-12-27(13-11-26)18-5-7-19(8-6-18)28(30)31/h5-8,20-23H,1,3-4,9-16H2,2H3/t20-,21+,22-,23-,25+/m0/s1. The SMILES string of the molecule is C=C1CCC[C@]2(C)C[C@@H]3OC(=O)[C@H](CN4CCN(c5ccc([N+](=O)[O-])cc5)CC4)[C@@H]3C[C@@H]12. The van der Waals surface area contributed by atoms with Crippen molar-refractivity contribution in [1.82, 2.24) is 4.90 Å². The molecule has 32 heavy (non-hydrogen) atoms. The average molecular weight is 440 g/mol. The van der Waals surface area contributed by atoms with Crippen molar-refractivity contribution in [3.05, 3.63) is 46.5 Å². The highest BCUT2D eigenvalue weighted by atomic mass is 16.6. The summed E-state index contributed by atoms with van der Waals surface area (Å²) in [4.78, 5) is 28.0. The van der Waals surface area contributed by atoms with Crippen molar-refractivity contribution >= 4 is 17.3 Å². The number of allylic oxidation sites excluding steroid dienone is 1. The summed E-state index contributed by atoms with van der Waals surface area (Å²) < 4.78 is 5.93. The van der Waals surface area contributed by atoms with Crippen LogP contribution >= 0.6 is 0 Å². The molecule has 2 aliphatic heterocycles. The van der Waals surface area contributed by atoms with E-state index < -0.39 is 0 Å². The minimum absolute atomic E-state index is 0.00865. The van der Waals surface area contributed by atoms with E-state index in [1.54, 1.807) is 12.1 Å². The molecule has 0 N–H and O–H groups in total. The number of nitro groups is 1. The zero-order chi connectivity index (χ0) is 22.5. The zero-order valence-corrected chi connectivity index (χ0v) is 18.9. The van der Waals surface area contributed by atoms with E-state index in [0.29, 0.717) is 11.8 Å². The topological polar surface area (TPSA) is 75.9 Å². The number of benzene rings is 1. The van der Waals surface area contributed by atoms with Crippen LogP contribution in [0.15, 0.2) is 36.4 Å². The molecular formula is C25H33N3O4. The van der Waals surface area contributed by atoms with Crippen molar-refractivity contribution in [2.75, 3.05) is 37.6 Å². The number of nitrogens with zero attached hydrogens (tertiary/aromatic N) is 3. The molecule has 0 bridgehead atoms. The Kier molecular flexibility index (Phi) is 5.48. The van der Waals surface area contributed by atoms with E-state index >= 15 is 0 Å². The maximum absolute atomic E-state index is 12.8. The molecule has 2 saturated heterocycles. The number of esters is 1. The molecule has 1 aromatic carbocycles. The number of anilines is 1. The lowest BCUT2D eigenvalue weighted by atomic mass is 9.55. The minimum atomic E-state index is -0.369. The lowest BCUT2D eigenvalue weighted by Crippen LogP contribution is -2.50.